The topological polar surface area (TPSA) is 29.5 Å². The first kappa shape index (κ1) is 21.7. The van der Waals surface area contributed by atoms with Crippen molar-refractivity contribution in [2.24, 2.45) is 5.92 Å². The molecule has 146 valence electrons. The van der Waals surface area contributed by atoms with Crippen LogP contribution in [0.5, 0.6) is 5.75 Å². The van der Waals surface area contributed by atoms with E-state index in [4.69, 9.17) is 4.43 Å². The first-order valence-corrected chi connectivity index (χ1v) is 12.7. The molecule has 1 aromatic rings. The van der Waals surface area contributed by atoms with Gasteiger partial charge in [0.15, 0.2) is 0 Å². The average Bonchev–Trinajstić information content (AvgIpc) is 2.76. The smallest absolute Gasteiger partial charge is 0.258 e. The minimum atomic E-state index is -2.02. The zero-order valence-corrected chi connectivity index (χ0v) is 20.1. The van der Waals surface area contributed by atoms with Gasteiger partial charge in [-0.15, -0.1) is 0 Å². The van der Waals surface area contributed by atoms with E-state index in [0.717, 1.165) is 21.4 Å². The highest BCUT2D eigenvalue weighted by atomic mass is 79.9. The van der Waals surface area contributed by atoms with Gasteiger partial charge in [0, 0.05) is 10.4 Å². The molecule has 0 saturated heterocycles. The molecule has 0 aliphatic heterocycles. The Morgan fingerprint density at radius 3 is 2.04 bits per heavy atom. The monoisotopic (exact) mass is 438 g/mol. The number of hydrogen-bond donors (Lipinski definition) is 1. The molecule has 0 spiro atoms. The zero-order chi connectivity index (χ0) is 20.0. The molecule has 0 saturated carbocycles. The maximum Gasteiger partial charge on any atom is 0.258 e. The summed E-state index contributed by atoms with van der Waals surface area (Å²) in [7, 11) is -2.02. The minimum absolute atomic E-state index is 0.136. The Labute approximate surface area is 169 Å². The van der Waals surface area contributed by atoms with Gasteiger partial charge in [-0.2, -0.15) is 0 Å². The van der Waals surface area contributed by atoms with Crippen molar-refractivity contribution in [3.63, 3.8) is 0 Å². The number of aliphatic hydroxyl groups excluding tert-OH is 1. The lowest BCUT2D eigenvalue weighted by Gasteiger charge is -2.42. The predicted octanol–water partition coefficient (Wildman–Crippen LogP) is 7.35. The molecule has 0 unspecified atom stereocenters. The number of allylic oxidation sites excluding steroid dienone is 1. The second kappa shape index (κ2) is 7.81. The van der Waals surface area contributed by atoms with Crippen LogP contribution in [0.25, 0.3) is 0 Å². The van der Waals surface area contributed by atoms with Gasteiger partial charge in [0.25, 0.3) is 8.32 Å². The van der Waals surface area contributed by atoms with Crippen LogP contribution in [-0.4, -0.2) is 13.4 Å². The van der Waals surface area contributed by atoms with Gasteiger partial charge >= 0.3 is 0 Å². The molecule has 1 aromatic carbocycles. The molecule has 3 atom stereocenters. The summed E-state index contributed by atoms with van der Waals surface area (Å²) in [6, 6.07) is 4.19. The average molecular weight is 440 g/mol. The molecule has 0 radical (unpaired) electrons. The van der Waals surface area contributed by atoms with Crippen LogP contribution in [0.1, 0.15) is 78.5 Å². The van der Waals surface area contributed by atoms with Crippen LogP contribution < -0.4 is 4.43 Å². The Morgan fingerprint density at radius 1 is 1.12 bits per heavy atom. The summed E-state index contributed by atoms with van der Waals surface area (Å²) in [6.07, 6.45) is -0.472. The number of fused-ring (bicyclic) bond motifs is 1. The third kappa shape index (κ3) is 3.45. The number of halogens is 1. The Kier molecular flexibility index (Phi) is 6.52. The van der Waals surface area contributed by atoms with Gasteiger partial charge in [-0.3, -0.25) is 0 Å². The van der Waals surface area contributed by atoms with E-state index in [-0.39, 0.29) is 11.8 Å². The fourth-order valence-electron chi connectivity index (χ4n) is 5.23. The maximum absolute atomic E-state index is 10.8. The van der Waals surface area contributed by atoms with Crippen molar-refractivity contribution in [2.45, 2.75) is 84.0 Å². The molecule has 0 aromatic heterocycles. The Bertz CT molecular complexity index is 659. The molecule has 0 amide bonds. The number of aliphatic hydroxyl groups is 1. The molecule has 0 bridgehead atoms. The fraction of sp³-hybridized carbons (Fsp3) is 0.636. The van der Waals surface area contributed by atoms with E-state index in [9.17, 15) is 5.11 Å². The summed E-state index contributed by atoms with van der Waals surface area (Å²) in [5, 5.41) is 10.8. The molecule has 1 aliphatic rings. The number of rotatable bonds is 6. The molecule has 2 rings (SSSR count). The Balaban J connectivity index is 2.55. The van der Waals surface area contributed by atoms with Crippen molar-refractivity contribution >= 4 is 24.2 Å². The maximum atomic E-state index is 10.8. The minimum Gasteiger partial charge on any atom is -0.543 e. The fourth-order valence-corrected chi connectivity index (χ4v) is 11.2. The summed E-state index contributed by atoms with van der Waals surface area (Å²) >= 11 is 3.76. The zero-order valence-electron chi connectivity index (χ0n) is 17.6. The van der Waals surface area contributed by atoms with Crippen molar-refractivity contribution < 1.29 is 9.53 Å². The third-order valence-electron chi connectivity index (χ3n) is 6.32. The van der Waals surface area contributed by atoms with Gasteiger partial charge in [-0.25, -0.2) is 0 Å². The lowest BCUT2D eigenvalue weighted by atomic mass is 9.88. The SMILES string of the molecule is C=C(C)[C@H]1c2c(Br)cc(O[Si](C(C)C)(C(C)C)C(C)C)cc2[C@@H](O)[C@@H]1C. The van der Waals surface area contributed by atoms with Gasteiger partial charge in [-0.05, 0) is 52.7 Å². The van der Waals surface area contributed by atoms with Crippen LogP contribution in [0.2, 0.25) is 16.6 Å². The molecule has 2 nitrogen and oxygen atoms in total. The standard InChI is InChI=1S/C22H35BrO2Si/c1-12(2)20-16(9)22(24)18-10-17(11-19(23)21(18)20)25-26(13(3)4,14(5)6)15(7)8/h10-11,13-16,20,22,24H,1H2,2-9H3/t16-,20-,22+/m1/s1. The molecule has 1 N–H and O–H groups in total. The van der Waals surface area contributed by atoms with Crippen molar-refractivity contribution in [2.75, 3.05) is 0 Å². The van der Waals surface area contributed by atoms with Gasteiger partial charge in [0.1, 0.15) is 5.75 Å². The van der Waals surface area contributed by atoms with E-state index in [1.165, 1.54) is 5.56 Å². The van der Waals surface area contributed by atoms with Gasteiger partial charge in [-0.1, -0.05) is 76.5 Å². The first-order valence-electron chi connectivity index (χ1n) is 9.80. The highest BCUT2D eigenvalue weighted by Crippen LogP contribution is 2.52. The highest BCUT2D eigenvalue weighted by Gasteiger charge is 2.47. The van der Waals surface area contributed by atoms with Gasteiger partial charge < -0.3 is 9.53 Å². The van der Waals surface area contributed by atoms with E-state index in [1.54, 1.807) is 0 Å². The van der Waals surface area contributed by atoms with Crippen LogP contribution in [-0.2, 0) is 0 Å². The van der Waals surface area contributed by atoms with E-state index in [1.807, 2.05) is 6.92 Å². The molecule has 1 aliphatic carbocycles. The Morgan fingerprint density at radius 2 is 1.62 bits per heavy atom. The van der Waals surface area contributed by atoms with Crippen LogP contribution in [0.4, 0.5) is 0 Å². The molecular weight excluding hydrogens is 404 g/mol. The van der Waals surface area contributed by atoms with Gasteiger partial charge in [0.05, 0.1) is 6.10 Å². The summed E-state index contributed by atoms with van der Waals surface area (Å²) in [6.45, 7) is 22.1. The van der Waals surface area contributed by atoms with Crippen LogP contribution >= 0.6 is 15.9 Å². The first-order chi connectivity index (χ1) is 11.9. The van der Waals surface area contributed by atoms with Crippen molar-refractivity contribution in [3.05, 3.63) is 39.9 Å². The van der Waals surface area contributed by atoms with Crippen molar-refractivity contribution in [1.29, 1.82) is 0 Å². The summed E-state index contributed by atoms with van der Waals surface area (Å²) in [4.78, 5) is 0. The lowest BCUT2D eigenvalue weighted by Crippen LogP contribution is -2.50. The normalized spacial score (nSPS) is 23.0. The summed E-state index contributed by atoms with van der Waals surface area (Å²) < 4.78 is 7.88. The largest absolute Gasteiger partial charge is 0.543 e. The molecule has 26 heavy (non-hydrogen) atoms. The predicted molar refractivity (Wildman–Crippen MR) is 117 cm³/mol. The quantitative estimate of drug-likeness (QED) is 0.371. The van der Waals surface area contributed by atoms with E-state index in [2.05, 4.69) is 83.1 Å². The van der Waals surface area contributed by atoms with E-state index >= 15 is 0 Å². The third-order valence-corrected chi connectivity index (χ3v) is 13.0. The Hall–Kier alpha value is -0.583. The van der Waals surface area contributed by atoms with E-state index in [0.29, 0.717) is 16.6 Å². The number of benzene rings is 1. The van der Waals surface area contributed by atoms with E-state index < -0.39 is 14.4 Å². The summed E-state index contributed by atoms with van der Waals surface area (Å²) in [5.41, 5.74) is 4.81. The summed E-state index contributed by atoms with van der Waals surface area (Å²) in [5.74, 6) is 1.22. The van der Waals surface area contributed by atoms with Crippen LogP contribution in [0.3, 0.4) is 0 Å². The van der Waals surface area contributed by atoms with Crippen LogP contribution in [0, 0.1) is 5.92 Å². The van der Waals surface area contributed by atoms with Crippen LogP contribution in [0.15, 0.2) is 28.8 Å². The lowest BCUT2D eigenvalue weighted by molar-refractivity contribution is 0.125. The molecule has 0 fully saturated rings. The highest BCUT2D eigenvalue weighted by molar-refractivity contribution is 9.10. The van der Waals surface area contributed by atoms with Gasteiger partial charge in [0.2, 0.25) is 0 Å². The van der Waals surface area contributed by atoms with Crippen molar-refractivity contribution in [1.82, 2.24) is 0 Å². The second-order valence-corrected chi connectivity index (χ2v) is 15.2. The van der Waals surface area contributed by atoms with Crippen molar-refractivity contribution in [3.8, 4) is 5.75 Å². The molecule has 4 heteroatoms. The molecule has 0 heterocycles. The molecular formula is C22H35BrO2Si. The number of hydrogen-bond acceptors (Lipinski definition) is 2. The second-order valence-electron chi connectivity index (χ2n) is 8.96.